The molecule has 1 aromatic heterocycles. The molecule has 0 aliphatic heterocycles. The lowest BCUT2D eigenvalue weighted by atomic mass is 10.1. The van der Waals surface area contributed by atoms with E-state index in [-0.39, 0.29) is 17.4 Å². The number of carbonyl (C=O) groups is 2. The molecule has 4 aromatic rings. The molecule has 7 heteroatoms. The van der Waals surface area contributed by atoms with Gasteiger partial charge in [-0.2, -0.15) is 0 Å². The van der Waals surface area contributed by atoms with Gasteiger partial charge in [0.05, 0.1) is 10.5 Å². The third-order valence-corrected chi connectivity index (χ3v) is 4.86. The topological polar surface area (TPSA) is 102 Å². The highest BCUT2D eigenvalue weighted by atomic mass is 16.6. The largest absolute Gasteiger partial charge is 0.456 e. The normalized spacial score (nSPS) is 10.8. The van der Waals surface area contributed by atoms with Crippen LogP contribution in [0.5, 0.6) is 0 Å². The molecule has 1 heterocycles. The second-order valence-electron chi connectivity index (χ2n) is 7.07. The smallest absolute Gasteiger partial charge is 0.280 e. The highest BCUT2D eigenvalue weighted by Crippen LogP contribution is 2.31. The first kappa shape index (κ1) is 21.5. The summed E-state index contributed by atoms with van der Waals surface area (Å²) in [4.78, 5) is 35.4. The molecule has 0 saturated carbocycles. The molecule has 0 bridgehead atoms. The number of ketones is 1. The highest BCUT2D eigenvalue weighted by molar-refractivity contribution is 6.07. The van der Waals surface area contributed by atoms with Crippen LogP contribution in [-0.2, 0) is 0 Å². The van der Waals surface area contributed by atoms with Crippen molar-refractivity contribution >= 4 is 29.1 Å². The number of amides is 1. The van der Waals surface area contributed by atoms with Crippen molar-refractivity contribution in [1.29, 1.82) is 0 Å². The van der Waals surface area contributed by atoms with Gasteiger partial charge in [0.2, 0.25) is 0 Å². The monoisotopic (exact) mass is 438 g/mol. The zero-order valence-electron chi connectivity index (χ0n) is 17.3. The van der Waals surface area contributed by atoms with Gasteiger partial charge in [0.15, 0.2) is 5.78 Å². The van der Waals surface area contributed by atoms with Gasteiger partial charge in [-0.15, -0.1) is 0 Å². The maximum atomic E-state index is 12.5. The number of hydrogen-bond donors (Lipinski definition) is 1. The molecule has 0 unspecified atom stereocenters. The Labute approximate surface area is 189 Å². The number of carbonyl (C=O) groups excluding carboxylic acids is 2. The molecule has 162 valence electrons. The van der Waals surface area contributed by atoms with Crippen molar-refractivity contribution in [2.45, 2.75) is 0 Å². The lowest BCUT2D eigenvalue weighted by Crippen LogP contribution is -2.11. The second-order valence-corrected chi connectivity index (χ2v) is 7.07. The second kappa shape index (κ2) is 9.57. The van der Waals surface area contributed by atoms with E-state index in [9.17, 15) is 19.7 Å². The number of anilines is 1. The van der Waals surface area contributed by atoms with E-state index in [0.29, 0.717) is 33.9 Å². The summed E-state index contributed by atoms with van der Waals surface area (Å²) in [5, 5.41) is 14.0. The van der Waals surface area contributed by atoms with Gasteiger partial charge in [0.1, 0.15) is 11.5 Å². The van der Waals surface area contributed by atoms with Crippen LogP contribution in [0.1, 0.15) is 26.5 Å². The maximum absolute atomic E-state index is 12.5. The van der Waals surface area contributed by atoms with E-state index in [2.05, 4.69) is 5.32 Å². The minimum Gasteiger partial charge on any atom is -0.456 e. The summed E-state index contributed by atoms with van der Waals surface area (Å²) in [6.07, 6.45) is 2.87. The third kappa shape index (κ3) is 5.11. The van der Waals surface area contributed by atoms with Crippen LogP contribution in [0.4, 0.5) is 11.4 Å². The van der Waals surface area contributed by atoms with Crippen LogP contribution < -0.4 is 5.32 Å². The zero-order chi connectivity index (χ0) is 23.2. The molecule has 1 N–H and O–H groups in total. The fourth-order valence-electron chi connectivity index (χ4n) is 3.19. The summed E-state index contributed by atoms with van der Waals surface area (Å²) >= 11 is 0. The minimum absolute atomic E-state index is 0.0575. The number of benzene rings is 3. The van der Waals surface area contributed by atoms with Crippen molar-refractivity contribution < 1.29 is 18.9 Å². The van der Waals surface area contributed by atoms with Crippen molar-refractivity contribution in [3.8, 4) is 11.3 Å². The fourth-order valence-corrected chi connectivity index (χ4v) is 3.19. The van der Waals surface area contributed by atoms with Gasteiger partial charge in [-0.05, 0) is 66.7 Å². The molecule has 0 fully saturated rings. The van der Waals surface area contributed by atoms with Gasteiger partial charge in [-0.3, -0.25) is 19.7 Å². The summed E-state index contributed by atoms with van der Waals surface area (Å²) < 4.78 is 5.66. The molecular weight excluding hydrogens is 420 g/mol. The number of allylic oxidation sites excluding steroid dienone is 1. The Morgan fingerprint density at radius 1 is 0.818 bits per heavy atom. The first-order chi connectivity index (χ1) is 16.0. The van der Waals surface area contributed by atoms with Gasteiger partial charge in [-0.1, -0.05) is 30.3 Å². The van der Waals surface area contributed by atoms with Crippen LogP contribution in [0, 0.1) is 10.1 Å². The van der Waals surface area contributed by atoms with Crippen molar-refractivity contribution in [1.82, 2.24) is 0 Å². The van der Waals surface area contributed by atoms with E-state index in [1.807, 2.05) is 6.07 Å². The molecular formula is C26H18N2O5. The number of furan rings is 1. The molecule has 4 rings (SSSR count). The number of rotatable bonds is 7. The number of nitrogens with zero attached hydrogens (tertiary/aromatic N) is 1. The number of nitrogens with one attached hydrogen (secondary N) is 1. The van der Waals surface area contributed by atoms with E-state index in [1.54, 1.807) is 78.9 Å². The number of nitro groups is 1. The van der Waals surface area contributed by atoms with Gasteiger partial charge in [0, 0.05) is 22.9 Å². The average molecular weight is 438 g/mol. The van der Waals surface area contributed by atoms with E-state index >= 15 is 0 Å². The maximum Gasteiger partial charge on any atom is 0.280 e. The summed E-state index contributed by atoms with van der Waals surface area (Å²) in [6, 6.07) is 24.9. The average Bonchev–Trinajstić information content (AvgIpc) is 3.32. The van der Waals surface area contributed by atoms with Crippen LogP contribution in [0.3, 0.4) is 0 Å². The Morgan fingerprint density at radius 2 is 1.52 bits per heavy atom. The van der Waals surface area contributed by atoms with Crippen molar-refractivity contribution in [2.24, 2.45) is 0 Å². The van der Waals surface area contributed by atoms with Crippen molar-refractivity contribution in [3.63, 3.8) is 0 Å². The summed E-state index contributed by atoms with van der Waals surface area (Å²) in [5.74, 6) is 0.248. The summed E-state index contributed by atoms with van der Waals surface area (Å²) in [5.41, 5.74) is 1.86. The van der Waals surface area contributed by atoms with Gasteiger partial charge in [-0.25, -0.2) is 0 Å². The Hall–Kier alpha value is -4.78. The zero-order valence-corrected chi connectivity index (χ0v) is 17.3. The minimum atomic E-state index is -0.469. The van der Waals surface area contributed by atoms with Gasteiger partial charge >= 0.3 is 0 Å². The standard InChI is InChI=1S/C26H18N2O5/c29-24(18-10-12-20(13-11-18)27-26(30)19-6-2-1-3-7-19)16-14-21-15-17-25(33-21)22-8-4-5-9-23(22)28(31)32/h1-17H,(H,27,30)/b16-14+. The molecule has 33 heavy (non-hydrogen) atoms. The van der Waals surface area contributed by atoms with E-state index in [4.69, 9.17) is 4.42 Å². The Balaban J connectivity index is 1.42. The summed E-state index contributed by atoms with van der Waals surface area (Å²) in [7, 11) is 0. The lowest BCUT2D eigenvalue weighted by molar-refractivity contribution is -0.384. The number of hydrogen-bond acceptors (Lipinski definition) is 5. The number of nitro benzene ring substituents is 1. The van der Waals surface area contributed by atoms with Gasteiger partial charge in [0.25, 0.3) is 11.6 Å². The SMILES string of the molecule is O=C(/C=C/c1ccc(-c2ccccc2[N+](=O)[O-])o1)c1ccc(NC(=O)c2ccccc2)cc1. The molecule has 7 nitrogen and oxygen atoms in total. The molecule has 0 atom stereocenters. The Kier molecular flexibility index (Phi) is 6.22. The highest BCUT2D eigenvalue weighted by Gasteiger charge is 2.16. The predicted octanol–water partition coefficient (Wildman–Crippen LogP) is 6.00. The Morgan fingerprint density at radius 3 is 2.24 bits per heavy atom. The van der Waals surface area contributed by atoms with Gasteiger partial charge < -0.3 is 9.73 Å². The van der Waals surface area contributed by atoms with Crippen LogP contribution in [0.15, 0.2) is 101 Å². The van der Waals surface area contributed by atoms with Crippen LogP contribution in [-0.4, -0.2) is 16.6 Å². The molecule has 3 aromatic carbocycles. The molecule has 0 radical (unpaired) electrons. The molecule has 0 aliphatic rings. The molecule has 0 aliphatic carbocycles. The summed E-state index contributed by atoms with van der Waals surface area (Å²) in [6.45, 7) is 0. The lowest BCUT2D eigenvalue weighted by Gasteiger charge is -2.05. The fraction of sp³-hybridized carbons (Fsp3) is 0. The molecule has 0 saturated heterocycles. The molecule has 0 spiro atoms. The van der Waals surface area contributed by atoms with Crippen LogP contribution in [0.25, 0.3) is 17.4 Å². The first-order valence-electron chi connectivity index (χ1n) is 10.0. The Bertz CT molecular complexity index is 1340. The van der Waals surface area contributed by atoms with E-state index in [0.717, 1.165) is 0 Å². The third-order valence-electron chi connectivity index (χ3n) is 4.86. The number of para-hydroxylation sites is 1. The van der Waals surface area contributed by atoms with E-state index in [1.165, 1.54) is 18.2 Å². The van der Waals surface area contributed by atoms with Crippen molar-refractivity contribution in [3.05, 3.63) is 124 Å². The molecule has 1 amide bonds. The first-order valence-corrected chi connectivity index (χ1v) is 10.0. The quantitative estimate of drug-likeness (QED) is 0.165. The predicted molar refractivity (Wildman–Crippen MR) is 125 cm³/mol. The van der Waals surface area contributed by atoms with Crippen molar-refractivity contribution in [2.75, 3.05) is 5.32 Å². The van der Waals surface area contributed by atoms with Crippen LogP contribution in [0.2, 0.25) is 0 Å². The van der Waals surface area contributed by atoms with Crippen LogP contribution >= 0.6 is 0 Å². The van der Waals surface area contributed by atoms with E-state index < -0.39 is 4.92 Å².